The first-order valence-electron chi connectivity index (χ1n) is 10.8. The predicted octanol–water partition coefficient (Wildman–Crippen LogP) is 4.45. The number of nitrogens with one attached hydrogen (secondary N) is 1. The molecule has 2 aliphatic rings. The van der Waals surface area contributed by atoms with E-state index < -0.39 is 22.2 Å². The van der Waals surface area contributed by atoms with Gasteiger partial charge in [0.2, 0.25) is 10.0 Å². The van der Waals surface area contributed by atoms with Crippen LogP contribution in [0.4, 0.5) is 11.4 Å². The van der Waals surface area contributed by atoms with Crippen LogP contribution in [0.25, 0.3) is 0 Å². The third kappa shape index (κ3) is 3.92. The minimum atomic E-state index is -3.76. The first-order valence-corrected chi connectivity index (χ1v) is 12.7. The van der Waals surface area contributed by atoms with Gasteiger partial charge in [-0.25, -0.2) is 13.1 Å². The smallest absolute Gasteiger partial charge is 0.240 e. The van der Waals surface area contributed by atoms with Gasteiger partial charge in [-0.05, 0) is 73.2 Å². The van der Waals surface area contributed by atoms with Crippen LogP contribution in [0, 0.1) is 0 Å². The topological polar surface area (TPSA) is 69.6 Å². The molecule has 0 amide bonds. The minimum Gasteiger partial charge on any atom is -0.389 e. The number of aliphatic hydroxyl groups is 1. The molecule has 1 heterocycles. The summed E-state index contributed by atoms with van der Waals surface area (Å²) in [6.45, 7) is 0. The van der Waals surface area contributed by atoms with Crippen molar-refractivity contribution in [1.82, 2.24) is 4.72 Å². The molecule has 5 nitrogen and oxygen atoms in total. The molecule has 7 heteroatoms. The number of aryl methyl sites for hydroxylation is 2. The highest BCUT2D eigenvalue weighted by Gasteiger charge is 2.42. The summed E-state index contributed by atoms with van der Waals surface area (Å²) in [5, 5.41) is 11.8. The summed E-state index contributed by atoms with van der Waals surface area (Å²) in [6, 6.07) is 21.8. The van der Waals surface area contributed by atoms with Crippen molar-refractivity contribution in [2.24, 2.45) is 0 Å². The molecule has 3 atom stereocenters. The van der Waals surface area contributed by atoms with E-state index in [1.807, 2.05) is 24.3 Å². The molecule has 0 spiro atoms. The van der Waals surface area contributed by atoms with Gasteiger partial charge in [-0.1, -0.05) is 48.0 Å². The molecular weight excluding hydrogens is 444 g/mol. The number of benzene rings is 3. The predicted molar refractivity (Wildman–Crippen MR) is 127 cm³/mol. The lowest BCUT2D eigenvalue weighted by atomic mass is 10.0. The van der Waals surface area contributed by atoms with Crippen LogP contribution in [-0.2, 0) is 22.9 Å². The first-order chi connectivity index (χ1) is 15.4. The molecule has 0 aromatic heterocycles. The van der Waals surface area contributed by atoms with Gasteiger partial charge in [0.25, 0.3) is 0 Å². The monoisotopic (exact) mass is 468 g/mol. The average molecular weight is 469 g/mol. The molecule has 5 rings (SSSR count). The Balaban J connectivity index is 1.46. The zero-order chi connectivity index (χ0) is 22.3. The molecule has 1 aliphatic heterocycles. The summed E-state index contributed by atoms with van der Waals surface area (Å²) in [5.41, 5.74) is 4.65. The normalized spacial score (nSPS) is 22.8. The Morgan fingerprint density at radius 3 is 2.00 bits per heavy atom. The van der Waals surface area contributed by atoms with Crippen LogP contribution in [0.15, 0.2) is 77.7 Å². The average Bonchev–Trinajstić information content (AvgIpc) is 3.04. The van der Waals surface area contributed by atoms with Gasteiger partial charge < -0.3 is 10.0 Å². The van der Waals surface area contributed by atoms with Crippen LogP contribution < -0.4 is 9.62 Å². The van der Waals surface area contributed by atoms with Crippen LogP contribution >= 0.6 is 11.6 Å². The fourth-order valence-corrected chi connectivity index (χ4v) is 6.33. The van der Waals surface area contributed by atoms with Crippen molar-refractivity contribution in [2.75, 3.05) is 4.90 Å². The second kappa shape index (κ2) is 8.52. The second-order valence-electron chi connectivity index (χ2n) is 8.44. The van der Waals surface area contributed by atoms with Gasteiger partial charge >= 0.3 is 0 Å². The van der Waals surface area contributed by atoms with Crippen molar-refractivity contribution in [1.29, 1.82) is 0 Å². The van der Waals surface area contributed by atoms with E-state index in [0.717, 1.165) is 24.2 Å². The van der Waals surface area contributed by atoms with Crippen LogP contribution in [-0.4, -0.2) is 31.7 Å². The van der Waals surface area contributed by atoms with E-state index in [4.69, 9.17) is 11.6 Å². The lowest BCUT2D eigenvalue weighted by Gasteiger charge is -2.35. The molecule has 1 unspecified atom stereocenters. The van der Waals surface area contributed by atoms with Crippen LogP contribution in [0.1, 0.15) is 24.0 Å². The fourth-order valence-electron chi connectivity index (χ4n) is 4.92. The van der Waals surface area contributed by atoms with Crippen molar-refractivity contribution in [2.45, 2.75) is 48.8 Å². The van der Waals surface area contributed by atoms with Crippen LogP contribution in [0.2, 0.25) is 5.02 Å². The number of aliphatic hydroxyl groups excluding tert-OH is 1. The third-order valence-corrected chi connectivity index (χ3v) is 8.27. The van der Waals surface area contributed by atoms with E-state index in [1.54, 1.807) is 12.1 Å². The Morgan fingerprint density at radius 2 is 1.41 bits per heavy atom. The Morgan fingerprint density at radius 1 is 0.844 bits per heavy atom. The van der Waals surface area contributed by atoms with E-state index in [-0.39, 0.29) is 10.9 Å². The Hall–Kier alpha value is -2.38. The van der Waals surface area contributed by atoms with Gasteiger partial charge in [-0.3, -0.25) is 0 Å². The lowest BCUT2D eigenvalue weighted by Crippen LogP contribution is -2.47. The number of anilines is 2. The largest absolute Gasteiger partial charge is 0.389 e. The Bertz CT molecular complexity index is 1180. The maximum Gasteiger partial charge on any atom is 0.240 e. The minimum absolute atomic E-state index is 0.142. The van der Waals surface area contributed by atoms with E-state index in [1.165, 1.54) is 23.3 Å². The molecule has 0 bridgehead atoms. The second-order valence-corrected chi connectivity index (χ2v) is 10.6. The summed E-state index contributed by atoms with van der Waals surface area (Å²) in [6.07, 6.45) is 2.24. The number of para-hydroxylation sites is 2. The highest BCUT2D eigenvalue weighted by molar-refractivity contribution is 7.89. The molecule has 1 saturated carbocycles. The summed E-state index contributed by atoms with van der Waals surface area (Å²) in [7, 11) is -3.76. The molecule has 166 valence electrons. The van der Waals surface area contributed by atoms with Gasteiger partial charge in [0, 0.05) is 16.4 Å². The molecule has 3 aromatic carbocycles. The quantitative estimate of drug-likeness (QED) is 0.593. The zero-order valence-corrected chi connectivity index (χ0v) is 19.1. The molecule has 3 aromatic rings. The molecule has 1 aliphatic carbocycles. The van der Waals surface area contributed by atoms with Crippen molar-refractivity contribution in [3.63, 3.8) is 0 Å². The first kappa shape index (κ1) is 21.5. The zero-order valence-electron chi connectivity index (χ0n) is 17.5. The summed E-state index contributed by atoms with van der Waals surface area (Å²) in [4.78, 5) is 2.36. The SMILES string of the molecule is O=S(=O)(N[C@H]1CCC(N2c3ccccc3CCc3ccccc32)[C@@H]1O)c1ccc(Cl)cc1. The third-order valence-electron chi connectivity index (χ3n) is 6.51. The summed E-state index contributed by atoms with van der Waals surface area (Å²) in [5.74, 6) is 0. The number of halogens is 1. The highest BCUT2D eigenvalue weighted by atomic mass is 35.5. The Kier molecular flexibility index (Phi) is 5.72. The van der Waals surface area contributed by atoms with Crippen molar-refractivity contribution in [3.8, 4) is 0 Å². The van der Waals surface area contributed by atoms with Gasteiger partial charge in [0.05, 0.1) is 23.1 Å². The van der Waals surface area contributed by atoms with Crippen molar-refractivity contribution >= 4 is 33.0 Å². The molecule has 0 radical (unpaired) electrons. The van der Waals surface area contributed by atoms with Gasteiger partial charge in [0.15, 0.2) is 0 Å². The van der Waals surface area contributed by atoms with Crippen LogP contribution in [0.5, 0.6) is 0 Å². The van der Waals surface area contributed by atoms with E-state index in [0.29, 0.717) is 17.9 Å². The van der Waals surface area contributed by atoms with Crippen LogP contribution in [0.3, 0.4) is 0 Å². The summed E-state index contributed by atoms with van der Waals surface area (Å²) >= 11 is 5.90. The maximum absolute atomic E-state index is 12.9. The van der Waals surface area contributed by atoms with Crippen molar-refractivity contribution < 1.29 is 13.5 Å². The number of nitrogens with zero attached hydrogens (tertiary/aromatic N) is 1. The number of hydrogen-bond acceptors (Lipinski definition) is 4. The number of fused-ring (bicyclic) bond motifs is 2. The molecule has 0 saturated heterocycles. The van der Waals surface area contributed by atoms with Gasteiger partial charge in [-0.15, -0.1) is 0 Å². The highest BCUT2D eigenvalue weighted by Crippen LogP contribution is 2.41. The number of rotatable bonds is 4. The molecule has 32 heavy (non-hydrogen) atoms. The summed E-state index contributed by atoms with van der Waals surface area (Å²) < 4.78 is 28.5. The standard InChI is InChI=1S/C25H25ClN2O3S/c26-19-11-13-20(14-12-19)32(30,31)27-21-15-16-24(25(21)29)28-22-7-3-1-5-17(22)9-10-18-6-2-4-8-23(18)28/h1-8,11-14,21,24-25,27,29H,9-10,15-16H2/t21-,24?,25+/m0/s1. The molecule has 1 fully saturated rings. The van der Waals surface area contributed by atoms with E-state index >= 15 is 0 Å². The molecular formula is C25H25ClN2O3S. The van der Waals surface area contributed by atoms with E-state index in [9.17, 15) is 13.5 Å². The lowest BCUT2D eigenvalue weighted by molar-refractivity contribution is 0.142. The molecule has 2 N–H and O–H groups in total. The maximum atomic E-state index is 12.9. The van der Waals surface area contributed by atoms with E-state index in [2.05, 4.69) is 33.9 Å². The number of hydrogen-bond donors (Lipinski definition) is 2. The van der Waals surface area contributed by atoms with Gasteiger partial charge in [-0.2, -0.15) is 0 Å². The van der Waals surface area contributed by atoms with Crippen molar-refractivity contribution in [3.05, 3.63) is 88.9 Å². The fraction of sp³-hybridized carbons (Fsp3) is 0.280. The van der Waals surface area contributed by atoms with Gasteiger partial charge in [0.1, 0.15) is 0 Å². The number of sulfonamides is 1. The Labute approximate surface area is 193 Å².